The van der Waals surface area contributed by atoms with E-state index in [1.807, 2.05) is 106 Å². The Morgan fingerprint density at radius 3 is 2.02 bits per heavy atom. The monoisotopic (exact) mass is 574 g/mol. The van der Waals surface area contributed by atoms with Crippen LogP contribution in [0.2, 0.25) is 0 Å². The maximum atomic E-state index is 13.5. The van der Waals surface area contributed by atoms with Crippen molar-refractivity contribution in [3.63, 3.8) is 0 Å². The van der Waals surface area contributed by atoms with Gasteiger partial charge in [0.15, 0.2) is 6.10 Å². The van der Waals surface area contributed by atoms with Crippen molar-refractivity contribution in [2.75, 3.05) is 19.7 Å². The molecular formula is C34H42N2O6. The van der Waals surface area contributed by atoms with Crippen molar-refractivity contribution in [2.45, 2.75) is 58.8 Å². The lowest BCUT2D eigenvalue weighted by Crippen LogP contribution is -2.52. The van der Waals surface area contributed by atoms with Crippen LogP contribution in [0.15, 0.2) is 84.9 Å². The van der Waals surface area contributed by atoms with Gasteiger partial charge in [0.05, 0.1) is 13.2 Å². The molecule has 0 radical (unpaired) electrons. The Morgan fingerprint density at radius 1 is 0.786 bits per heavy atom. The van der Waals surface area contributed by atoms with Crippen LogP contribution < -0.4 is 5.32 Å². The summed E-state index contributed by atoms with van der Waals surface area (Å²) in [5, 5.41) is 13.3. The summed E-state index contributed by atoms with van der Waals surface area (Å²) in [5.41, 5.74) is 3.78. The highest BCUT2D eigenvalue weighted by molar-refractivity contribution is 5.84. The number of urea groups is 1. The molecule has 0 saturated carbocycles. The van der Waals surface area contributed by atoms with Gasteiger partial charge in [-0.2, -0.15) is 0 Å². The van der Waals surface area contributed by atoms with Crippen LogP contribution in [0, 0.1) is 5.92 Å². The minimum absolute atomic E-state index is 0.0491. The summed E-state index contributed by atoms with van der Waals surface area (Å²) in [5.74, 6) is -1.31. The molecule has 0 aromatic heterocycles. The number of hydrogen-bond donors (Lipinski definition) is 2. The van der Waals surface area contributed by atoms with E-state index in [0.717, 1.165) is 28.7 Å². The molecule has 2 N–H and O–H groups in total. The van der Waals surface area contributed by atoms with Crippen LogP contribution in [-0.2, 0) is 32.1 Å². The molecule has 2 amide bonds. The van der Waals surface area contributed by atoms with Crippen LogP contribution in [0.4, 0.5) is 4.79 Å². The zero-order valence-electron chi connectivity index (χ0n) is 24.7. The second-order valence-electron chi connectivity index (χ2n) is 10.7. The molecule has 0 bridgehead atoms. The number of unbranched alkanes of at least 4 members (excludes halogenated alkanes) is 1. The molecule has 224 valence electrons. The SMILES string of the molecule is CCCCOC(=O)[C@@H](O)CN(CC(C)C)C(=O)N[C@@H](Cc1ccc(-c2ccccc2)cc1)C(=O)OCc1ccccc1. The topological polar surface area (TPSA) is 105 Å². The molecule has 3 aromatic rings. The number of aliphatic hydroxyl groups excluding tert-OH is 1. The van der Waals surface area contributed by atoms with Crippen LogP contribution in [-0.4, -0.2) is 59.8 Å². The average Bonchev–Trinajstić information content (AvgIpc) is 3.00. The summed E-state index contributed by atoms with van der Waals surface area (Å²) in [6.07, 6.45) is 0.238. The summed E-state index contributed by atoms with van der Waals surface area (Å²) in [7, 11) is 0. The Bertz CT molecular complexity index is 1250. The first-order valence-corrected chi connectivity index (χ1v) is 14.5. The second-order valence-corrected chi connectivity index (χ2v) is 10.7. The van der Waals surface area contributed by atoms with E-state index in [4.69, 9.17) is 9.47 Å². The smallest absolute Gasteiger partial charge is 0.336 e. The maximum Gasteiger partial charge on any atom is 0.336 e. The number of amides is 2. The average molecular weight is 575 g/mol. The fraction of sp³-hybridized carbons (Fsp3) is 0.382. The first-order valence-electron chi connectivity index (χ1n) is 14.5. The van der Waals surface area contributed by atoms with Gasteiger partial charge in [-0.1, -0.05) is 112 Å². The zero-order valence-corrected chi connectivity index (χ0v) is 24.7. The Labute approximate surface area is 248 Å². The zero-order chi connectivity index (χ0) is 30.3. The predicted molar refractivity (Wildman–Crippen MR) is 162 cm³/mol. The van der Waals surface area contributed by atoms with E-state index in [-0.39, 0.29) is 38.6 Å². The Kier molecular flexibility index (Phi) is 13.0. The molecule has 42 heavy (non-hydrogen) atoms. The van der Waals surface area contributed by atoms with Crippen LogP contribution in [0.1, 0.15) is 44.7 Å². The molecule has 0 heterocycles. The van der Waals surface area contributed by atoms with Gasteiger partial charge in [-0.05, 0) is 34.6 Å². The molecule has 0 aliphatic rings. The van der Waals surface area contributed by atoms with E-state index in [2.05, 4.69) is 5.32 Å². The highest BCUT2D eigenvalue weighted by Crippen LogP contribution is 2.20. The van der Waals surface area contributed by atoms with Gasteiger partial charge < -0.3 is 24.8 Å². The predicted octanol–water partition coefficient (Wildman–Crippen LogP) is 5.38. The van der Waals surface area contributed by atoms with E-state index >= 15 is 0 Å². The molecule has 8 nitrogen and oxygen atoms in total. The van der Waals surface area contributed by atoms with Crippen molar-refractivity contribution in [1.29, 1.82) is 0 Å². The Balaban J connectivity index is 1.75. The summed E-state index contributed by atoms with van der Waals surface area (Å²) in [6.45, 7) is 6.10. The van der Waals surface area contributed by atoms with Crippen molar-refractivity contribution < 1.29 is 29.0 Å². The van der Waals surface area contributed by atoms with Crippen LogP contribution >= 0.6 is 0 Å². The third kappa shape index (κ3) is 10.7. The Morgan fingerprint density at radius 2 is 1.40 bits per heavy atom. The lowest BCUT2D eigenvalue weighted by Gasteiger charge is -2.28. The van der Waals surface area contributed by atoms with Gasteiger partial charge in [0.25, 0.3) is 0 Å². The van der Waals surface area contributed by atoms with Crippen molar-refractivity contribution in [1.82, 2.24) is 10.2 Å². The lowest BCUT2D eigenvalue weighted by atomic mass is 10.0. The summed E-state index contributed by atoms with van der Waals surface area (Å²) in [6, 6.07) is 25.5. The van der Waals surface area contributed by atoms with Gasteiger partial charge in [0.1, 0.15) is 12.6 Å². The summed E-state index contributed by atoms with van der Waals surface area (Å²) >= 11 is 0. The number of benzene rings is 3. The number of nitrogens with zero attached hydrogens (tertiary/aromatic N) is 1. The first kappa shape index (κ1) is 32.3. The van der Waals surface area contributed by atoms with Gasteiger partial charge in [-0.3, -0.25) is 0 Å². The van der Waals surface area contributed by atoms with Gasteiger partial charge in [0, 0.05) is 13.0 Å². The number of rotatable bonds is 15. The van der Waals surface area contributed by atoms with Gasteiger partial charge >= 0.3 is 18.0 Å². The van der Waals surface area contributed by atoms with Crippen molar-refractivity contribution in [3.8, 4) is 11.1 Å². The normalized spacial score (nSPS) is 12.3. The quantitative estimate of drug-likeness (QED) is 0.187. The van der Waals surface area contributed by atoms with E-state index in [1.165, 1.54) is 4.90 Å². The maximum absolute atomic E-state index is 13.5. The molecule has 3 rings (SSSR count). The van der Waals surface area contributed by atoms with E-state index in [0.29, 0.717) is 6.42 Å². The molecule has 3 aromatic carbocycles. The van der Waals surface area contributed by atoms with E-state index in [9.17, 15) is 19.5 Å². The van der Waals surface area contributed by atoms with Gasteiger partial charge in [0.2, 0.25) is 0 Å². The molecule has 0 fully saturated rings. The van der Waals surface area contributed by atoms with Crippen LogP contribution in [0.3, 0.4) is 0 Å². The third-order valence-electron chi connectivity index (χ3n) is 6.59. The first-order chi connectivity index (χ1) is 20.3. The van der Waals surface area contributed by atoms with E-state index < -0.39 is 30.1 Å². The van der Waals surface area contributed by atoms with Crippen molar-refractivity contribution >= 4 is 18.0 Å². The second kappa shape index (κ2) is 16.9. The number of aliphatic hydroxyl groups is 1. The molecule has 0 spiro atoms. The summed E-state index contributed by atoms with van der Waals surface area (Å²) < 4.78 is 10.7. The third-order valence-corrected chi connectivity index (χ3v) is 6.59. The number of carbonyl (C=O) groups is 3. The highest BCUT2D eigenvalue weighted by atomic mass is 16.5. The van der Waals surface area contributed by atoms with Crippen LogP contribution in [0.25, 0.3) is 11.1 Å². The molecule has 0 aliphatic carbocycles. The number of hydrogen-bond acceptors (Lipinski definition) is 6. The minimum Gasteiger partial charge on any atom is -0.464 e. The molecule has 2 atom stereocenters. The van der Waals surface area contributed by atoms with Gasteiger partial charge in [-0.15, -0.1) is 0 Å². The van der Waals surface area contributed by atoms with Gasteiger partial charge in [-0.25, -0.2) is 14.4 Å². The number of ether oxygens (including phenoxy) is 2. The standard InChI is InChI=1S/C34H42N2O6/c1-4-5-20-41-33(39)31(37)23-36(22-25(2)3)34(40)35-30(32(38)42-24-27-12-8-6-9-13-27)21-26-16-18-29(19-17-26)28-14-10-7-11-15-28/h6-19,25,30-31,37H,4-5,20-24H2,1-3H3,(H,35,40)/t30-,31-/m0/s1. The minimum atomic E-state index is -1.50. The molecule has 0 aliphatic heterocycles. The number of carbonyl (C=O) groups excluding carboxylic acids is 3. The van der Waals surface area contributed by atoms with Crippen LogP contribution in [0.5, 0.6) is 0 Å². The molecule has 8 heteroatoms. The fourth-order valence-corrected chi connectivity index (χ4v) is 4.34. The largest absolute Gasteiger partial charge is 0.464 e. The molecule has 0 unspecified atom stereocenters. The van der Waals surface area contributed by atoms with Crippen molar-refractivity contribution in [3.05, 3.63) is 96.1 Å². The summed E-state index contributed by atoms with van der Waals surface area (Å²) in [4.78, 5) is 40.4. The number of nitrogens with one attached hydrogen (secondary N) is 1. The fourth-order valence-electron chi connectivity index (χ4n) is 4.34. The molecule has 0 saturated heterocycles. The number of esters is 2. The lowest BCUT2D eigenvalue weighted by molar-refractivity contribution is -0.154. The Hall–Kier alpha value is -4.17. The van der Waals surface area contributed by atoms with Crippen molar-refractivity contribution in [2.24, 2.45) is 5.92 Å². The van der Waals surface area contributed by atoms with E-state index in [1.54, 1.807) is 0 Å². The highest BCUT2D eigenvalue weighted by Gasteiger charge is 2.29. The molecular weight excluding hydrogens is 532 g/mol.